The second-order valence-electron chi connectivity index (χ2n) is 2.47. The van der Waals surface area contributed by atoms with Crippen LogP contribution in [0.3, 0.4) is 0 Å². The molecule has 1 N–H and O–H groups in total. The first-order valence-electron chi connectivity index (χ1n) is 3.45. The molecule has 0 atom stereocenters. The Kier molecular flexibility index (Phi) is 3.07. The molecule has 0 fully saturated rings. The molecule has 1 aromatic rings. The summed E-state index contributed by atoms with van der Waals surface area (Å²) in [7, 11) is 0. The van der Waals surface area contributed by atoms with Gasteiger partial charge in [0.05, 0.1) is 9.13 Å². The van der Waals surface area contributed by atoms with E-state index in [1.54, 1.807) is 22.6 Å². The van der Waals surface area contributed by atoms with Crippen LogP contribution in [0.4, 0.5) is 13.2 Å². The molecule has 0 unspecified atom stereocenters. The van der Waals surface area contributed by atoms with Crippen LogP contribution < -0.4 is 10.3 Å². The number of hydrogen-bond acceptors (Lipinski definition) is 2. The molecule has 0 aliphatic heterocycles. The van der Waals surface area contributed by atoms with Gasteiger partial charge in [-0.25, -0.2) is 0 Å². The van der Waals surface area contributed by atoms with Crippen molar-refractivity contribution >= 4 is 22.6 Å². The van der Waals surface area contributed by atoms with Crippen molar-refractivity contribution in [2.75, 3.05) is 0 Å². The van der Waals surface area contributed by atoms with E-state index in [0.29, 0.717) is 0 Å². The minimum atomic E-state index is -4.78. The number of alkyl halides is 3. The lowest BCUT2D eigenvalue weighted by Gasteiger charge is -2.11. The molecule has 0 saturated heterocycles. The highest BCUT2D eigenvalue weighted by Crippen LogP contribution is 2.28. The van der Waals surface area contributed by atoms with Crippen LogP contribution in [0.2, 0.25) is 0 Å². The smallest absolute Gasteiger partial charge is 0.404 e. The average Bonchev–Trinajstić information content (AvgIpc) is 2.04. The summed E-state index contributed by atoms with van der Waals surface area (Å²) in [6, 6.07) is 0. The zero-order valence-corrected chi connectivity index (χ0v) is 9.06. The zero-order valence-electron chi connectivity index (χ0n) is 6.91. The quantitative estimate of drug-likeness (QED) is 0.806. The van der Waals surface area contributed by atoms with Crippen LogP contribution in [-0.2, 0) is 0 Å². The maximum absolute atomic E-state index is 11.9. The standard InChI is InChI=1S/C7H5F3INO2/c1-3-5(14-7(8,9)10)4(11)2-12-6(3)13/h2H,1H3,(H,12,13). The van der Waals surface area contributed by atoms with Crippen LogP contribution >= 0.6 is 22.6 Å². The van der Waals surface area contributed by atoms with E-state index in [9.17, 15) is 18.0 Å². The summed E-state index contributed by atoms with van der Waals surface area (Å²) in [4.78, 5) is 13.3. The Morgan fingerprint density at radius 3 is 2.57 bits per heavy atom. The summed E-state index contributed by atoms with van der Waals surface area (Å²) in [6.45, 7) is 1.27. The Bertz CT molecular complexity index is 399. The van der Waals surface area contributed by atoms with Crippen LogP contribution in [0.1, 0.15) is 5.56 Å². The van der Waals surface area contributed by atoms with Crippen molar-refractivity contribution in [1.82, 2.24) is 4.98 Å². The van der Waals surface area contributed by atoms with Gasteiger partial charge in [-0.05, 0) is 29.5 Å². The van der Waals surface area contributed by atoms with Crippen molar-refractivity contribution in [2.45, 2.75) is 13.3 Å². The number of aromatic amines is 1. The second kappa shape index (κ2) is 3.79. The monoisotopic (exact) mass is 319 g/mol. The lowest BCUT2D eigenvalue weighted by Crippen LogP contribution is -2.21. The summed E-state index contributed by atoms with van der Waals surface area (Å²) >= 11 is 1.65. The molecular formula is C7H5F3INO2. The summed E-state index contributed by atoms with van der Waals surface area (Å²) in [6.07, 6.45) is -3.62. The van der Waals surface area contributed by atoms with Crippen LogP contribution in [-0.4, -0.2) is 11.3 Å². The fraction of sp³-hybridized carbons (Fsp3) is 0.286. The molecule has 0 aliphatic carbocycles. The van der Waals surface area contributed by atoms with E-state index in [0.717, 1.165) is 6.20 Å². The lowest BCUT2D eigenvalue weighted by molar-refractivity contribution is -0.275. The van der Waals surface area contributed by atoms with Crippen LogP contribution in [0.25, 0.3) is 0 Å². The third kappa shape index (κ3) is 2.63. The summed E-state index contributed by atoms with van der Waals surface area (Å²) in [5.41, 5.74) is -0.682. The molecule has 78 valence electrons. The first-order chi connectivity index (χ1) is 6.31. The molecule has 7 heteroatoms. The number of H-pyrrole nitrogens is 1. The van der Waals surface area contributed by atoms with Gasteiger partial charge in [0.15, 0.2) is 5.75 Å². The highest BCUT2D eigenvalue weighted by molar-refractivity contribution is 14.1. The van der Waals surface area contributed by atoms with Crippen molar-refractivity contribution in [1.29, 1.82) is 0 Å². The molecule has 14 heavy (non-hydrogen) atoms. The highest BCUT2D eigenvalue weighted by Gasteiger charge is 2.33. The number of pyridine rings is 1. The molecular weight excluding hydrogens is 314 g/mol. The van der Waals surface area contributed by atoms with Crippen LogP contribution in [0, 0.1) is 10.5 Å². The van der Waals surface area contributed by atoms with Gasteiger partial charge < -0.3 is 9.72 Å². The van der Waals surface area contributed by atoms with Gasteiger partial charge in [0, 0.05) is 6.20 Å². The third-order valence-electron chi connectivity index (χ3n) is 1.45. The normalized spacial score (nSPS) is 11.5. The van der Waals surface area contributed by atoms with E-state index in [4.69, 9.17) is 0 Å². The summed E-state index contributed by atoms with van der Waals surface area (Å²) in [5, 5.41) is 0. The predicted octanol–water partition coefficient (Wildman–Crippen LogP) is 2.19. The maximum atomic E-state index is 11.9. The van der Waals surface area contributed by atoms with Crippen molar-refractivity contribution < 1.29 is 17.9 Å². The molecule has 0 saturated carbocycles. The van der Waals surface area contributed by atoms with Crippen molar-refractivity contribution in [3.63, 3.8) is 0 Å². The first kappa shape index (κ1) is 11.3. The van der Waals surface area contributed by atoms with Gasteiger partial charge >= 0.3 is 6.36 Å². The van der Waals surface area contributed by atoms with E-state index in [2.05, 4.69) is 9.72 Å². The summed E-state index contributed by atoms with van der Waals surface area (Å²) in [5.74, 6) is -0.443. The number of halogens is 4. The fourth-order valence-electron chi connectivity index (χ4n) is 0.826. The molecule has 0 amide bonds. The Balaban J connectivity index is 3.20. The number of nitrogens with one attached hydrogen (secondary N) is 1. The average molecular weight is 319 g/mol. The minimum Gasteiger partial charge on any atom is -0.404 e. The van der Waals surface area contributed by atoms with Gasteiger partial charge in [-0.15, -0.1) is 13.2 Å². The molecule has 1 rings (SSSR count). The Morgan fingerprint density at radius 1 is 1.50 bits per heavy atom. The molecule has 1 aromatic heterocycles. The predicted molar refractivity (Wildman–Crippen MR) is 51.2 cm³/mol. The van der Waals surface area contributed by atoms with E-state index in [1.165, 1.54) is 6.92 Å². The van der Waals surface area contributed by atoms with Gasteiger partial charge in [-0.2, -0.15) is 0 Å². The Morgan fingerprint density at radius 2 is 2.07 bits per heavy atom. The maximum Gasteiger partial charge on any atom is 0.573 e. The Hall–Kier alpha value is -0.730. The SMILES string of the molecule is Cc1c(OC(F)(F)F)c(I)c[nH]c1=O. The fourth-order valence-corrected chi connectivity index (χ4v) is 1.50. The molecule has 0 spiro atoms. The number of rotatable bonds is 1. The van der Waals surface area contributed by atoms with Crippen molar-refractivity contribution in [3.8, 4) is 5.75 Å². The number of ether oxygens (including phenoxy) is 1. The third-order valence-corrected chi connectivity index (χ3v) is 2.25. The topological polar surface area (TPSA) is 42.1 Å². The van der Waals surface area contributed by atoms with Crippen LogP contribution in [0.5, 0.6) is 5.75 Å². The molecule has 0 bridgehead atoms. The molecule has 0 radical (unpaired) electrons. The van der Waals surface area contributed by atoms with Crippen molar-refractivity contribution in [3.05, 3.63) is 25.7 Å². The minimum absolute atomic E-state index is 0.0887. The van der Waals surface area contributed by atoms with E-state index < -0.39 is 17.7 Å². The largest absolute Gasteiger partial charge is 0.573 e. The molecule has 3 nitrogen and oxygen atoms in total. The van der Waals surface area contributed by atoms with Crippen LogP contribution in [0.15, 0.2) is 11.0 Å². The van der Waals surface area contributed by atoms with Gasteiger partial charge in [-0.3, -0.25) is 4.79 Å². The van der Waals surface area contributed by atoms with Gasteiger partial charge in [0.1, 0.15) is 0 Å². The first-order valence-corrected chi connectivity index (χ1v) is 4.52. The van der Waals surface area contributed by atoms with E-state index in [1.807, 2.05) is 0 Å². The van der Waals surface area contributed by atoms with E-state index in [-0.39, 0.29) is 9.13 Å². The van der Waals surface area contributed by atoms with Gasteiger partial charge in [0.2, 0.25) is 0 Å². The summed E-state index contributed by atoms with van der Waals surface area (Å²) < 4.78 is 39.6. The zero-order chi connectivity index (χ0) is 10.9. The second-order valence-corrected chi connectivity index (χ2v) is 3.63. The highest BCUT2D eigenvalue weighted by atomic mass is 127. The lowest BCUT2D eigenvalue weighted by atomic mass is 10.3. The molecule has 1 heterocycles. The number of aromatic nitrogens is 1. The molecule has 0 aromatic carbocycles. The molecule has 0 aliphatic rings. The Labute approximate surface area is 90.4 Å². The van der Waals surface area contributed by atoms with Gasteiger partial charge in [-0.1, -0.05) is 0 Å². The van der Waals surface area contributed by atoms with Gasteiger partial charge in [0.25, 0.3) is 5.56 Å². The number of hydrogen-bond donors (Lipinski definition) is 1. The van der Waals surface area contributed by atoms with Crippen molar-refractivity contribution in [2.24, 2.45) is 0 Å². The van der Waals surface area contributed by atoms with E-state index >= 15 is 0 Å².